The maximum atomic E-state index is 13.5. The van der Waals surface area contributed by atoms with Gasteiger partial charge in [0, 0.05) is 43.4 Å². The van der Waals surface area contributed by atoms with Crippen molar-refractivity contribution in [3.8, 4) is 11.1 Å². The van der Waals surface area contributed by atoms with Gasteiger partial charge >= 0.3 is 18.0 Å². The molecule has 1 amide bonds. The number of nitrogens with one attached hydrogen (secondary N) is 1. The Kier molecular flexibility index (Phi) is 25.0. The molecule has 0 radical (unpaired) electrons. The zero-order chi connectivity index (χ0) is 59.7. The first kappa shape index (κ1) is 65.5. The highest BCUT2D eigenvalue weighted by atomic mass is 16.7. The van der Waals surface area contributed by atoms with Crippen LogP contribution in [0.15, 0.2) is 134 Å². The molecule has 2 saturated heterocycles. The minimum absolute atomic E-state index is 0.0562. The van der Waals surface area contributed by atoms with Gasteiger partial charge in [0.25, 0.3) is 0 Å². The molecular weight excluding hydrogens is 1060 g/mol. The molecule has 0 aromatic heterocycles. The van der Waals surface area contributed by atoms with E-state index < -0.39 is 159 Å². The minimum Gasteiger partial charge on any atom is -0.481 e. The molecule has 12 N–H and O–H groups in total. The van der Waals surface area contributed by atoms with Crippen LogP contribution >= 0.6 is 0 Å². The molecule has 0 saturated carbocycles. The second-order valence-electron chi connectivity index (χ2n) is 22.0. The van der Waals surface area contributed by atoms with Crippen molar-refractivity contribution in [3.63, 3.8) is 0 Å². The van der Waals surface area contributed by atoms with Crippen molar-refractivity contribution in [2.45, 2.75) is 182 Å². The normalized spacial score (nSPS) is 38.5. The number of carbonyl (C=O) groups excluding carboxylic acids is 2. The zero-order valence-corrected chi connectivity index (χ0v) is 46.7. The maximum Gasteiger partial charge on any atom is 0.407 e. The molecule has 6 rings (SSSR count). The van der Waals surface area contributed by atoms with Crippen LogP contribution < -0.4 is 5.32 Å². The van der Waals surface area contributed by atoms with Crippen LogP contribution in [0.5, 0.6) is 0 Å². The topological polar surface area (TPSA) is 332 Å². The largest absolute Gasteiger partial charge is 0.481 e. The lowest BCUT2D eigenvalue weighted by Gasteiger charge is -2.45. The summed E-state index contributed by atoms with van der Waals surface area (Å²) in [7, 11) is 0. The van der Waals surface area contributed by atoms with Crippen molar-refractivity contribution < 1.29 is 94.2 Å². The van der Waals surface area contributed by atoms with E-state index in [9.17, 15) is 70.6 Å². The fourth-order valence-electron chi connectivity index (χ4n) is 10.9. The molecular formula is C62H83NO19. The molecule has 2 fully saturated rings. The van der Waals surface area contributed by atoms with Crippen LogP contribution in [-0.2, 0) is 33.3 Å². The van der Waals surface area contributed by atoms with E-state index in [4.69, 9.17) is 23.7 Å². The summed E-state index contributed by atoms with van der Waals surface area (Å²) >= 11 is 0. The fourth-order valence-corrected chi connectivity index (χ4v) is 10.9. The Morgan fingerprint density at radius 2 is 1.21 bits per heavy atom. The number of cyclic esters (lactones) is 1. The third-order valence-corrected chi connectivity index (χ3v) is 15.6. The van der Waals surface area contributed by atoms with E-state index in [0.29, 0.717) is 0 Å². The standard InChI is InChI=1S/C62H83NO19/c1-36-21-15-13-11-9-7-5-6-8-10-12-14-16-22-43(81-60-58(73)55(57(72)39(4)80-60)63-61(76)78-35-48-46-25-19-17-23-44(46)45-24-18-20-26-47(45)48)32-52-54(59(74)75)51(69)34-62(77,82-52)33-42(66)30-50(68)49(67)28-27-40(64)29-41(65)31-53(70)79-38(3)37(2)56(36)71/h5-26,36-43,48-52,54-58,60,64-69,71-73,77H,27-35H2,1-4H3,(H,63,76)(H,74,75)/b6-5-,9-7-,10-8-,13-11-,14-12-,21-15-,22-16?/t36-,37-,38-,39+,40+,41+,42-,43-,49+,50+,51-,52-,54+,55-,56+,57+,58-,60-,62+/m0/s1. The molecule has 20 heteroatoms. The number of hydrogen-bond acceptors (Lipinski definition) is 18. The average Bonchev–Trinajstić information content (AvgIpc) is 3.08. The van der Waals surface area contributed by atoms with Crippen LogP contribution in [-0.4, -0.2) is 178 Å². The molecule has 3 heterocycles. The third kappa shape index (κ3) is 18.7. The lowest BCUT2D eigenvalue weighted by molar-refractivity contribution is -0.309. The summed E-state index contributed by atoms with van der Waals surface area (Å²) in [5.41, 5.74) is 3.98. The second-order valence-corrected chi connectivity index (χ2v) is 22.0. The summed E-state index contributed by atoms with van der Waals surface area (Å²) in [4.78, 5) is 39.0. The molecule has 1 aliphatic carbocycles. The van der Waals surface area contributed by atoms with E-state index in [1.165, 1.54) is 13.0 Å². The number of ether oxygens (including phenoxy) is 5. The molecule has 2 bridgehead atoms. The Bertz CT molecular complexity index is 2550. The quantitative estimate of drug-likeness (QED) is 0.180. The van der Waals surface area contributed by atoms with Crippen molar-refractivity contribution in [1.29, 1.82) is 0 Å². The smallest absolute Gasteiger partial charge is 0.407 e. The first-order valence-corrected chi connectivity index (χ1v) is 28.1. The number of aliphatic carboxylic acids is 1. The Morgan fingerprint density at radius 1 is 0.634 bits per heavy atom. The van der Waals surface area contributed by atoms with Gasteiger partial charge in [-0.15, -0.1) is 0 Å². The zero-order valence-electron chi connectivity index (χ0n) is 46.7. The number of esters is 1. The number of carboxylic acid groups (broad SMARTS) is 1. The van der Waals surface area contributed by atoms with Crippen molar-refractivity contribution in [1.82, 2.24) is 5.32 Å². The fraction of sp³-hybridized carbons (Fsp3) is 0.532. The maximum absolute atomic E-state index is 13.5. The van der Waals surface area contributed by atoms with Gasteiger partial charge in [-0.05, 0) is 55.4 Å². The molecule has 82 heavy (non-hydrogen) atoms. The molecule has 19 atom stereocenters. The van der Waals surface area contributed by atoms with Gasteiger partial charge in [-0.1, -0.05) is 147 Å². The minimum atomic E-state index is -2.40. The van der Waals surface area contributed by atoms with Gasteiger partial charge in [0.15, 0.2) is 12.1 Å². The molecule has 2 aromatic rings. The van der Waals surface area contributed by atoms with Crippen molar-refractivity contribution >= 4 is 18.0 Å². The van der Waals surface area contributed by atoms with E-state index >= 15 is 0 Å². The number of allylic oxidation sites excluding steroid dienone is 12. The van der Waals surface area contributed by atoms with E-state index in [1.54, 1.807) is 86.8 Å². The van der Waals surface area contributed by atoms with E-state index in [0.717, 1.165) is 22.3 Å². The number of amides is 1. The summed E-state index contributed by atoms with van der Waals surface area (Å²) in [6.07, 6.45) is 0.660. The van der Waals surface area contributed by atoms with Crippen molar-refractivity contribution in [3.05, 3.63) is 145 Å². The van der Waals surface area contributed by atoms with Crippen LogP contribution in [0.3, 0.4) is 0 Å². The monoisotopic (exact) mass is 1150 g/mol. The third-order valence-electron chi connectivity index (χ3n) is 15.6. The van der Waals surface area contributed by atoms with Gasteiger partial charge in [-0.2, -0.15) is 0 Å². The predicted octanol–water partition coefficient (Wildman–Crippen LogP) is 4.29. The summed E-state index contributed by atoms with van der Waals surface area (Å²) in [6, 6.07) is 14.2. The number of carbonyl (C=O) groups is 3. The molecule has 450 valence electrons. The number of aliphatic hydroxyl groups excluding tert-OH is 9. The summed E-state index contributed by atoms with van der Waals surface area (Å²) in [6.45, 7) is 6.64. The molecule has 0 spiro atoms. The first-order chi connectivity index (χ1) is 39.0. The Balaban J connectivity index is 1.19. The highest BCUT2D eigenvalue weighted by molar-refractivity contribution is 5.79. The number of carboxylic acids is 1. The van der Waals surface area contributed by atoms with Gasteiger partial charge < -0.3 is 85.2 Å². The Labute approximate surface area is 478 Å². The van der Waals surface area contributed by atoms with Gasteiger partial charge in [0.05, 0.1) is 73.5 Å². The van der Waals surface area contributed by atoms with Crippen LogP contribution in [0, 0.1) is 17.8 Å². The van der Waals surface area contributed by atoms with E-state index in [1.807, 2.05) is 61.5 Å². The number of rotatable bonds is 6. The van der Waals surface area contributed by atoms with Gasteiger partial charge in [-0.3, -0.25) is 9.59 Å². The number of hydrogen-bond donors (Lipinski definition) is 12. The van der Waals surface area contributed by atoms with Crippen molar-refractivity contribution in [2.75, 3.05) is 6.61 Å². The highest BCUT2D eigenvalue weighted by Gasteiger charge is 2.51. The lowest BCUT2D eigenvalue weighted by atomic mass is 9.82. The Hall–Kier alpha value is -5.69. The van der Waals surface area contributed by atoms with Gasteiger partial charge in [0.2, 0.25) is 0 Å². The number of aliphatic hydroxyl groups is 10. The van der Waals surface area contributed by atoms with Gasteiger partial charge in [-0.25, -0.2) is 4.79 Å². The van der Waals surface area contributed by atoms with E-state index in [2.05, 4.69) is 5.32 Å². The lowest BCUT2D eigenvalue weighted by Crippen LogP contribution is -2.64. The first-order valence-electron chi connectivity index (χ1n) is 28.1. The molecule has 4 aliphatic rings. The van der Waals surface area contributed by atoms with Crippen LogP contribution in [0.25, 0.3) is 11.1 Å². The Morgan fingerprint density at radius 3 is 1.80 bits per heavy atom. The highest BCUT2D eigenvalue weighted by Crippen LogP contribution is 2.45. The predicted molar refractivity (Wildman–Crippen MR) is 301 cm³/mol. The summed E-state index contributed by atoms with van der Waals surface area (Å²) < 4.78 is 29.5. The molecule has 0 unspecified atom stereocenters. The number of alkyl carbamates (subject to hydrolysis) is 1. The summed E-state index contributed by atoms with van der Waals surface area (Å²) in [5, 5.41) is 124. The second kappa shape index (κ2) is 31.3. The number of benzene rings is 2. The SMILES string of the molecule is C[C@@H]1[C@H](O)[C@@H](C)\C=C/C=C\C=C/C=C\C=C/C=C\C=C[C@H](O[C@@H]2O[C@H](C)[C@@H](O)[C@H](NC(=O)OCC3c4ccccc4-c4ccccc43)[C@@H]2O)C[C@@H]2O[C@](O)(C[C@@H](O)C[C@@H](O)[C@H](O)CC[C@@H](O)C[C@@H](O)CC(=O)O[C@H]1C)C[C@H](O)[C@H]2C(=O)O. The molecule has 2 aromatic carbocycles. The van der Waals surface area contributed by atoms with Crippen LogP contribution in [0.1, 0.15) is 96.1 Å². The van der Waals surface area contributed by atoms with Crippen LogP contribution in [0.2, 0.25) is 0 Å². The average molecular weight is 1150 g/mol. The van der Waals surface area contributed by atoms with E-state index in [-0.39, 0.29) is 37.7 Å². The van der Waals surface area contributed by atoms with Crippen molar-refractivity contribution in [2.24, 2.45) is 17.8 Å². The summed E-state index contributed by atoms with van der Waals surface area (Å²) in [5.74, 6) is -7.35. The molecule has 3 aliphatic heterocycles. The van der Waals surface area contributed by atoms with Gasteiger partial charge in [0.1, 0.15) is 30.8 Å². The van der Waals surface area contributed by atoms with Crippen LogP contribution in [0.4, 0.5) is 4.79 Å². The molecule has 20 nitrogen and oxygen atoms in total. The number of fused-ring (bicyclic) bond motifs is 5.